The van der Waals surface area contributed by atoms with Crippen LogP contribution in [0, 0.1) is 6.92 Å². The molecule has 0 unspecified atom stereocenters. The van der Waals surface area contributed by atoms with Gasteiger partial charge in [0.2, 0.25) is 0 Å². The molecular formula is C12H25Cd-. The maximum Gasteiger partial charge on any atom is 0 e. The summed E-state index contributed by atoms with van der Waals surface area (Å²) < 4.78 is 0. The van der Waals surface area contributed by atoms with E-state index in [0.717, 1.165) is 6.42 Å². The first kappa shape index (κ1) is 16.4. The van der Waals surface area contributed by atoms with Crippen molar-refractivity contribution >= 4 is 0 Å². The number of unbranched alkanes of at least 4 members (excludes halogenated alkanes) is 9. The van der Waals surface area contributed by atoms with E-state index in [2.05, 4.69) is 13.8 Å². The normalized spacial score (nSPS) is 9.69. The minimum absolute atomic E-state index is 0. The van der Waals surface area contributed by atoms with Crippen molar-refractivity contribution in [2.45, 2.75) is 71.1 Å². The molecule has 0 saturated carbocycles. The van der Waals surface area contributed by atoms with Gasteiger partial charge in [-0.1, -0.05) is 64.7 Å². The van der Waals surface area contributed by atoms with Crippen molar-refractivity contribution in [2.75, 3.05) is 0 Å². The Morgan fingerprint density at radius 3 is 1.46 bits per heavy atom. The second kappa shape index (κ2) is 15.4. The molecule has 1 heteroatoms. The van der Waals surface area contributed by atoms with E-state index in [1.165, 1.54) is 57.8 Å². The zero-order chi connectivity index (χ0) is 9.07. The standard InChI is InChI=1S/C12H25.Cd/c1-3-5-7-9-11-12-10-8-6-4-2;/h1,3-12H2,2H3;/q-1;. The fraction of sp³-hybridized carbons (Fsp3) is 0.917. The summed E-state index contributed by atoms with van der Waals surface area (Å²) in [5.74, 6) is 0. The minimum Gasteiger partial charge on any atom is -0.343 e. The molecule has 0 bridgehead atoms. The van der Waals surface area contributed by atoms with Gasteiger partial charge in [0.15, 0.2) is 0 Å². The van der Waals surface area contributed by atoms with Crippen LogP contribution in [0.2, 0.25) is 0 Å². The van der Waals surface area contributed by atoms with Crippen molar-refractivity contribution in [3.63, 3.8) is 0 Å². The summed E-state index contributed by atoms with van der Waals surface area (Å²) in [6.07, 6.45) is 13.9. The van der Waals surface area contributed by atoms with E-state index in [9.17, 15) is 0 Å². The van der Waals surface area contributed by atoms with E-state index in [4.69, 9.17) is 0 Å². The van der Waals surface area contributed by atoms with Gasteiger partial charge in [0, 0.05) is 27.3 Å². The van der Waals surface area contributed by atoms with Gasteiger partial charge in [-0.15, -0.1) is 0 Å². The van der Waals surface area contributed by atoms with Crippen LogP contribution in [0.15, 0.2) is 0 Å². The molecule has 0 atom stereocenters. The molecule has 0 aromatic heterocycles. The Labute approximate surface area is 105 Å². The van der Waals surface area contributed by atoms with Gasteiger partial charge < -0.3 is 6.92 Å². The quantitative estimate of drug-likeness (QED) is 0.325. The van der Waals surface area contributed by atoms with E-state index >= 15 is 0 Å². The Morgan fingerprint density at radius 2 is 1.08 bits per heavy atom. The summed E-state index contributed by atoms with van der Waals surface area (Å²) in [6.45, 7) is 6.12. The van der Waals surface area contributed by atoms with Crippen LogP contribution in [0.5, 0.6) is 0 Å². The molecule has 13 heavy (non-hydrogen) atoms. The monoisotopic (exact) mass is 283 g/mol. The molecular weight excluding hydrogens is 257 g/mol. The Bertz CT molecular complexity index is 61.5. The second-order valence-corrected chi connectivity index (χ2v) is 3.68. The average molecular weight is 282 g/mol. The molecule has 0 spiro atoms. The van der Waals surface area contributed by atoms with Gasteiger partial charge in [-0.3, -0.25) is 0 Å². The third kappa shape index (κ3) is 15.7. The van der Waals surface area contributed by atoms with Crippen LogP contribution < -0.4 is 0 Å². The van der Waals surface area contributed by atoms with E-state index in [-0.39, 0.29) is 27.3 Å². The number of rotatable bonds is 9. The van der Waals surface area contributed by atoms with E-state index < -0.39 is 0 Å². The van der Waals surface area contributed by atoms with Gasteiger partial charge in [-0.25, -0.2) is 0 Å². The molecule has 0 aliphatic rings. The van der Waals surface area contributed by atoms with Crippen LogP contribution in [-0.4, -0.2) is 0 Å². The Hall–Kier alpha value is 0.922. The van der Waals surface area contributed by atoms with Crippen molar-refractivity contribution in [1.29, 1.82) is 0 Å². The topological polar surface area (TPSA) is 0 Å². The predicted molar refractivity (Wildman–Crippen MR) is 57.2 cm³/mol. The number of hydrogen-bond acceptors (Lipinski definition) is 0. The van der Waals surface area contributed by atoms with Gasteiger partial charge in [0.1, 0.15) is 0 Å². The van der Waals surface area contributed by atoms with Crippen LogP contribution in [0.3, 0.4) is 0 Å². The molecule has 76 valence electrons. The summed E-state index contributed by atoms with van der Waals surface area (Å²) in [5, 5.41) is 0. The van der Waals surface area contributed by atoms with E-state index in [1.807, 2.05) is 0 Å². The Morgan fingerprint density at radius 1 is 0.692 bits per heavy atom. The first-order chi connectivity index (χ1) is 5.91. The maximum atomic E-state index is 3.84. The van der Waals surface area contributed by atoms with Crippen molar-refractivity contribution < 1.29 is 27.3 Å². The molecule has 0 rings (SSSR count). The molecule has 0 aliphatic carbocycles. The molecule has 0 amide bonds. The van der Waals surface area contributed by atoms with Gasteiger partial charge >= 0.3 is 0 Å². The van der Waals surface area contributed by atoms with Crippen LogP contribution in [0.4, 0.5) is 0 Å². The zero-order valence-electron chi connectivity index (χ0n) is 9.49. The molecule has 0 saturated heterocycles. The van der Waals surface area contributed by atoms with Crippen molar-refractivity contribution in [3.8, 4) is 0 Å². The van der Waals surface area contributed by atoms with E-state index in [0.29, 0.717) is 0 Å². The van der Waals surface area contributed by atoms with Crippen LogP contribution in [-0.2, 0) is 27.3 Å². The fourth-order valence-corrected chi connectivity index (χ4v) is 1.49. The second-order valence-electron chi connectivity index (χ2n) is 3.68. The largest absolute Gasteiger partial charge is 0.343 e. The van der Waals surface area contributed by atoms with Gasteiger partial charge in [0.05, 0.1) is 0 Å². The molecule has 0 fully saturated rings. The summed E-state index contributed by atoms with van der Waals surface area (Å²) >= 11 is 0. The van der Waals surface area contributed by atoms with Crippen LogP contribution in [0.1, 0.15) is 71.1 Å². The van der Waals surface area contributed by atoms with Gasteiger partial charge in [-0.05, 0) is 0 Å². The molecule has 0 N–H and O–H groups in total. The van der Waals surface area contributed by atoms with Gasteiger partial charge in [0.25, 0.3) is 0 Å². The molecule has 0 aromatic carbocycles. The molecule has 0 heterocycles. The Kier molecular flexibility index (Phi) is 19.4. The summed E-state index contributed by atoms with van der Waals surface area (Å²) in [4.78, 5) is 0. The van der Waals surface area contributed by atoms with Crippen molar-refractivity contribution in [3.05, 3.63) is 6.92 Å². The molecule has 0 nitrogen and oxygen atoms in total. The molecule has 0 aromatic rings. The van der Waals surface area contributed by atoms with E-state index in [1.54, 1.807) is 0 Å². The summed E-state index contributed by atoms with van der Waals surface area (Å²) in [7, 11) is 0. The first-order valence-corrected chi connectivity index (χ1v) is 5.71. The summed E-state index contributed by atoms with van der Waals surface area (Å²) in [6, 6.07) is 0. The number of hydrogen-bond donors (Lipinski definition) is 0. The third-order valence-electron chi connectivity index (χ3n) is 2.35. The van der Waals surface area contributed by atoms with Crippen LogP contribution >= 0.6 is 0 Å². The molecule has 0 aliphatic heterocycles. The van der Waals surface area contributed by atoms with Crippen molar-refractivity contribution in [2.24, 2.45) is 0 Å². The maximum absolute atomic E-state index is 3.84. The fourth-order valence-electron chi connectivity index (χ4n) is 1.49. The van der Waals surface area contributed by atoms with Gasteiger partial charge in [-0.2, -0.15) is 6.42 Å². The third-order valence-corrected chi connectivity index (χ3v) is 2.35. The minimum atomic E-state index is 0. The zero-order valence-corrected chi connectivity index (χ0v) is 13.5. The molecule has 0 radical (unpaired) electrons. The van der Waals surface area contributed by atoms with Crippen LogP contribution in [0.25, 0.3) is 0 Å². The van der Waals surface area contributed by atoms with Crippen molar-refractivity contribution in [1.82, 2.24) is 0 Å². The summed E-state index contributed by atoms with van der Waals surface area (Å²) in [5.41, 5.74) is 0. The Balaban J connectivity index is 0. The predicted octanol–water partition coefficient (Wildman–Crippen LogP) is 4.74. The average Bonchev–Trinajstić information content (AvgIpc) is 2.10. The smallest absolute Gasteiger partial charge is 0 e. The first-order valence-electron chi connectivity index (χ1n) is 5.71. The SMILES string of the molecule is [CH2-]CCCCCCCCCCC.[Cd].